The molecule has 3 heterocycles. The number of pyridine rings is 1. The van der Waals surface area contributed by atoms with Crippen LogP contribution < -0.4 is 4.90 Å². The molecular formula is C22H27F2N5O2. The number of fused-ring (bicyclic) bond motifs is 2. The molecule has 0 saturated carbocycles. The van der Waals surface area contributed by atoms with Crippen molar-refractivity contribution in [3.8, 4) is 6.07 Å². The highest BCUT2D eigenvalue weighted by molar-refractivity contribution is 5.97. The molecule has 1 amide bonds. The number of nitrogens with zero attached hydrogens (tertiary/aromatic N) is 4. The molecule has 9 heteroatoms. The molecule has 2 aliphatic heterocycles. The molecular weight excluding hydrogens is 404 g/mol. The zero-order chi connectivity index (χ0) is 22.9. The van der Waals surface area contributed by atoms with Gasteiger partial charge in [-0.3, -0.25) is 4.79 Å². The second kappa shape index (κ2) is 8.61. The van der Waals surface area contributed by atoms with Gasteiger partial charge in [-0.05, 0) is 38.3 Å². The van der Waals surface area contributed by atoms with Crippen LogP contribution in [0.15, 0.2) is 29.7 Å². The predicted molar refractivity (Wildman–Crippen MR) is 112 cm³/mol. The standard InChI is InChI=1S/C22H27F2N5O2/c1-13-8-17-11-28(12-18(13)29(17)19-5-4-16(9-25)10-27-19)20(31)6-7-22(23,24)21(14(2)26)15(3)30/h4-5,10,13,17-18,26,30H,6-8,11-12H2,1-3H3/b21-15+,26-14?/t13-,17?,18?/m0/s1. The number of anilines is 1. The highest BCUT2D eigenvalue weighted by Gasteiger charge is 2.46. The Bertz CT molecular complexity index is 934. The molecule has 0 radical (unpaired) electrons. The Hall–Kier alpha value is -3.02. The van der Waals surface area contributed by atoms with Crippen LogP contribution in [-0.2, 0) is 4.79 Å². The number of aliphatic hydroxyl groups is 1. The van der Waals surface area contributed by atoms with Crippen molar-refractivity contribution in [3.63, 3.8) is 0 Å². The molecule has 2 fully saturated rings. The van der Waals surface area contributed by atoms with E-state index in [9.17, 15) is 18.7 Å². The summed E-state index contributed by atoms with van der Waals surface area (Å²) in [7, 11) is 0. The van der Waals surface area contributed by atoms with Crippen LogP contribution in [0.5, 0.6) is 0 Å². The zero-order valence-corrected chi connectivity index (χ0v) is 17.9. The number of allylic oxidation sites excluding steroid dienone is 2. The number of hydrogen-bond donors (Lipinski definition) is 2. The Balaban J connectivity index is 1.68. The van der Waals surface area contributed by atoms with Crippen molar-refractivity contribution in [2.45, 2.75) is 58.0 Å². The molecule has 166 valence electrons. The minimum atomic E-state index is -3.44. The van der Waals surface area contributed by atoms with Gasteiger partial charge in [-0.15, -0.1) is 0 Å². The summed E-state index contributed by atoms with van der Waals surface area (Å²) in [5, 5.41) is 26.0. The maximum Gasteiger partial charge on any atom is 0.278 e. The van der Waals surface area contributed by atoms with Crippen LogP contribution in [0.4, 0.5) is 14.6 Å². The molecule has 3 rings (SSSR count). The number of rotatable bonds is 6. The Labute approximate surface area is 180 Å². The lowest BCUT2D eigenvalue weighted by atomic mass is 9.98. The lowest BCUT2D eigenvalue weighted by molar-refractivity contribution is -0.133. The van der Waals surface area contributed by atoms with Gasteiger partial charge in [0.1, 0.15) is 17.6 Å². The van der Waals surface area contributed by atoms with E-state index in [0.717, 1.165) is 19.2 Å². The molecule has 2 saturated heterocycles. The summed E-state index contributed by atoms with van der Waals surface area (Å²) in [6.45, 7) is 5.28. The van der Waals surface area contributed by atoms with E-state index in [0.29, 0.717) is 24.6 Å². The van der Waals surface area contributed by atoms with Gasteiger partial charge in [0.15, 0.2) is 0 Å². The van der Waals surface area contributed by atoms with Crippen molar-refractivity contribution in [1.82, 2.24) is 9.88 Å². The van der Waals surface area contributed by atoms with Crippen molar-refractivity contribution in [1.29, 1.82) is 10.7 Å². The number of amides is 1. The number of aliphatic hydroxyl groups excluding tert-OH is 1. The SMILES string of the molecule is CC(=N)/C(=C(/C)O)C(F)(F)CCC(=O)N1CC2C[C@H](C)C(C1)N2c1ccc(C#N)cn1. The summed E-state index contributed by atoms with van der Waals surface area (Å²) in [6.07, 6.45) is 1.28. The lowest BCUT2D eigenvalue weighted by Gasteiger charge is -2.42. The van der Waals surface area contributed by atoms with Crippen molar-refractivity contribution in [2.24, 2.45) is 5.92 Å². The summed E-state index contributed by atoms with van der Waals surface area (Å²) in [5.41, 5.74) is -0.649. The minimum Gasteiger partial charge on any atom is -0.512 e. The topological polar surface area (TPSA) is 104 Å². The fourth-order valence-corrected chi connectivity index (χ4v) is 4.75. The van der Waals surface area contributed by atoms with E-state index in [1.165, 1.54) is 13.1 Å². The highest BCUT2D eigenvalue weighted by atomic mass is 19.3. The number of nitrogens with one attached hydrogen (secondary N) is 1. The van der Waals surface area contributed by atoms with Crippen molar-refractivity contribution < 1.29 is 18.7 Å². The highest BCUT2D eigenvalue weighted by Crippen LogP contribution is 2.38. The molecule has 2 N–H and O–H groups in total. The summed E-state index contributed by atoms with van der Waals surface area (Å²) in [4.78, 5) is 21.0. The molecule has 7 nitrogen and oxygen atoms in total. The third-order valence-corrected chi connectivity index (χ3v) is 6.14. The summed E-state index contributed by atoms with van der Waals surface area (Å²) < 4.78 is 29.0. The van der Waals surface area contributed by atoms with Crippen LogP contribution in [0.3, 0.4) is 0 Å². The van der Waals surface area contributed by atoms with Gasteiger partial charge in [0.05, 0.1) is 17.2 Å². The van der Waals surface area contributed by atoms with E-state index in [4.69, 9.17) is 10.7 Å². The number of carbonyl (C=O) groups is 1. The average Bonchev–Trinajstić information content (AvgIpc) is 2.89. The normalized spacial score (nSPS) is 23.9. The first-order valence-electron chi connectivity index (χ1n) is 10.3. The first-order chi connectivity index (χ1) is 14.5. The van der Waals surface area contributed by atoms with E-state index < -0.39 is 29.4 Å². The fraction of sp³-hybridized carbons (Fsp3) is 0.545. The van der Waals surface area contributed by atoms with Crippen LogP contribution in [0.2, 0.25) is 0 Å². The number of carbonyl (C=O) groups excluding carboxylic acids is 1. The van der Waals surface area contributed by atoms with Gasteiger partial charge in [-0.25, -0.2) is 13.8 Å². The third-order valence-electron chi connectivity index (χ3n) is 6.14. The van der Waals surface area contributed by atoms with Crippen molar-refractivity contribution in [3.05, 3.63) is 35.2 Å². The molecule has 2 aliphatic rings. The molecule has 3 atom stereocenters. The Kier molecular flexibility index (Phi) is 6.30. The predicted octanol–water partition coefficient (Wildman–Crippen LogP) is 3.67. The second-order valence-corrected chi connectivity index (χ2v) is 8.45. The zero-order valence-electron chi connectivity index (χ0n) is 17.9. The molecule has 2 bridgehead atoms. The van der Waals surface area contributed by atoms with Gasteiger partial charge in [0.25, 0.3) is 5.92 Å². The summed E-state index contributed by atoms with van der Waals surface area (Å²) >= 11 is 0. The monoisotopic (exact) mass is 431 g/mol. The number of nitriles is 1. The fourth-order valence-electron chi connectivity index (χ4n) is 4.75. The average molecular weight is 431 g/mol. The lowest BCUT2D eigenvalue weighted by Crippen LogP contribution is -2.56. The molecule has 0 aromatic carbocycles. The Morgan fingerprint density at radius 2 is 2.10 bits per heavy atom. The maximum absolute atomic E-state index is 14.5. The van der Waals surface area contributed by atoms with E-state index in [2.05, 4.69) is 16.8 Å². The van der Waals surface area contributed by atoms with Crippen molar-refractivity contribution in [2.75, 3.05) is 18.0 Å². The molecule has 31 heavy (non-hydrogen) atoms. The minimum absolute atomic E-state index is 0.0302. The Morgan fingerprint density at radius 3 is 2.61 bits per heavy atom. The largest absolute Gasteiger partial charge is 0.512 e. The van der Waals surface area contributed by atoms with Crippen molar-refractivity contribution >= 4 is 17.4 Å². The first-order valence-corrected chi connectivity index (χ1v) is 10.3. The Morgan fingerprint density at radius 1 is 1.39 bits per heavy atom. The number of aromatic nitrogens is 1. The van der Waals surface area contributed by atoms with Gasteiger partial charge in [0.2, 0.25) is 5.91 Å². The van der Waals surface area contributed by atoms with Gasteiger partial charge >= 0.3 is 0 Å². The summed E-state index contributed by atoms with van der Waals surface area (Å²) in [5.74, 6) is -3.32. The van der Waals surface area contributed by atoms with Gasteiger partial charge in [-0.1, -0.05) is 6.92 Å². The van der Waals surface area contributed by atoms with Crippen LogP contribution in [0.25, 0.3) is 0 Å². The van der Waals surface area contributed by atoms with Crippen LogP contribution in [-0.4, -0.2) is 57.7 Å². The third kappa shape index (κ3) is 4.53. The molecule has 0 aliphatic carbocycles. The van der Waals surface area contributed by atoms with Crippen LogP contribution >= 0.6 is 0 Å². The first kappa shape index (κ1) is 22.7. The second-order valence-electron chi connectivity index (χ2n) is 8.45. The molecule has 2 unspecified atom stereocenters. The number of halogens is 2. The smallest absolute Gasteiger partial charge is 0.278 e. The van der Waals surface area contributed by atoms with Crippen LogP contribution in [0, 0.1) is 22.7 Å². The van der Waals surface area contributed by atoms with Gasteiger partial charge < -0.3 is 20.3 Å². The number of likely N-dealkylation sites (tertiary alicyclic amines) is 1. The molecule has 1 aromatic rings. The maximum atomic E-state index is 14.5. The summed E-state index contributed by atoms with van der Waals surface area (Å²) in [6, 6.07) is 5.63. The number of alkyl halides is 2. The van der Waals surface area contributed by atoms with Crippen LogP contribution in [0.1, 0.15) is 45.6 Å². The number of piperazine rings is 1. The van der Waals surface area contributed by atoms with E-state index in [1.807, 2.05) is 6.07 Å². The molecule has 1 aromatic heterocycles. The van der Waals surface area contributed by atoms with Gasteiger partial charge in [0, 0.05) is 43.9 Å². The van der Waals surface area contributed by atoms with E-state index >= 15 is 0 Å². The van der Waals surface area contributed by atoms with E-state index in [-0.39, 0.29) is 24.4 Å². The molecule has 0 spiro atoms. The quantitative estimate of drug-likeness (QED) is 0.528. The number of hydrogen-bond acceptors (Lipinski definition) is 6. The van der Waals surface area contributed by atoms with Gasteiger partial charge in [-0.2, -0.15) is 5.26 Å². The van der Waals surface area contributed by atoms with E-state index in [1.54, 1.807) is 17.0 Å².